The number of carbonyl (C=O) groups is 1. The number of anilines is 2. The number of aromatic hydroxyl groups is 1. The molecule has 0 spiro atoms. The fraction of sp³-hybridized carbons (Fsp3) is 0.167. The van der Waals surface area contributed by atoms with Crippen LogP contribution in [0.2, 0.25) is 0 Å². The number of pyridine rings is 1. The van der Waals surface area contributed by atoms with E-state index in [2.05, 4.69) is 15.1 Å². The van der Waals surface area contributed by atoms with Gasteiger partial charge in [0, 0.05) is 24.8 Å². The monoisotopic (exact) mass is 588 g/mol. The van der Waals surface area contributed by atoms with Crippen LogP contribution in [0.3, 0.4) is 0 Å². The molecule has 0 bridgehead atoms. The van der Waals surface area contributed by atoms with E-state index < -0.39 is 27.5 Å². The Balaban J connectivity index is 1.40. The molecule has 2 aromatic heterocycles. The highest BCUT2D eigenvalue weighted by molar-refractivity contribution is 7.92. The predicted molar refractivity (Wildman–Crippen MR) is 159 cm³/mol. The van der Waals surface area contributed by atoms with Gasteiger partial charge < -0.3 is 16.2 Å². The van der Waals surface area contributed by atoms with Crippen molar-refractivity contribution in [3.63, 3.8) is 0 Å². The van der Waals surface area contributed by atoms with Gasteiger partial charge in [-0.2, -0.15) is 5.10 Å². The number of hydrogen-bond acceptors (Lipinski definition) is 7. The molecule has 0 aliphatic rings. The second kappa shape index (κ2) is 11.5. The molecule has 5 N–H and O–H groups in total. The molecule has 0 atom stereocenters. The summed E-state index contributed by atoms with van der Waals surface area (Å²) < 4.78 is 43.7. The first-order valence-corrected chi connectivity index (χ1v) is 14.7. The number of hydrogen-bond donors (Lipinski definition) is 4. The predicted octanol–water partition coefficient (Wildman–Crippen LogP) is 4.60. The number of nitrogens with one attached hydrogen (secondary N) is 2. The molecule has 216 valence electrons. The summed E-state index contributed by atoms with van der Waals surface area (Å²) in [5.74, 6) is -1.56. The smallest absolute Gasteiger partial charge is 0.269 e. The van der Waals surface area contributed by atoms with Crippen molar-refractivity contribution >= 4 is 38.3 Å². The van der Waals surface area contributed by atoms with Crippen molar-refractivity contribution in [1.82, 2.24) is 14.8 Å². The number of sulfonamides is 1. The van der Waals surface area contributed by atoms with Gasteiger partial charge in [-0.1, -0.05) is 37.3 Å². The molecule has 0 saturated carbocycles. The van der Waals surface area contributed by atoms with E-state index in [0.29, 0.717) is 58.6 Å². The van der Waals surface area contributed by atoms with Crippen molar-refractivity contribution in [3.8, 4) is 17.0 Å². The number of carbonyl (C=O) groups excluding carboxylic acids is 1. The van der Waals surface area contributed by atoms with Crippen molar-refractivity contribution in [2.24, 2.45) is 12.8 Å². The molecule has 0 fully saturated rings. The Morgan fingerprint density at radius 1 is 1.07 bits per heavy atom. The van der Waals surface area contributed by atoms with Gasteiger partial charge in [0.25, 0.3) is 15.9 Å². The summed E-state index contributed by atoms with van der Waals surface area (Å²) in [4.78, 5) is 17.1. The number of benzene rings is 3. The summed E-state index contributed by atoms with van der Waals surface area (Å²) in [6.45, 7) is 2.29. The van der Waals surface area contributed by atoms with Crippen LogP contribution >= 0.6 is 0 Å². The van der Waals surface area contributed by atoms with Gasteiger partial charge in [-0.25, -0.2) is 17.8 Å². The van der Waals surface area contributed by atoms with Crippen LogP contribution in [0.4, 0.5) is 15.9 Å². The molecular formula is C30H29FN6O4S. The van der Waals surface area contributed by atoms with Crippen LogP contribution in [-0.2, 0) is 29.9 Å². The number of nitrogens with zero attached hydrogens (tertiary/aromatic N) is 3. The van der Waals surface area contributed by atoms with E-state index in [1.165, 1.54) is 28.9 Å². The fourth-order valence-corrected chi connectivity index (χ4v) is 5.81. The third kappa shape index (κ3) is 5.75. The van der Waals surface area contributed by atoms with Gasteiger partial charge in [0.15, 0.2) is 17.3 Å². The van der Waals surface area contributed by atoms with Crippen molar-refractivity contribution in [2.45, 2.75) is 24.7 Å². The number of phenols is 1. The van der Waals surface area contributed by atoms with Crippen LogP contribution < -0.4 is 15.8 Å². The molecule has 10 nitrogen and oxygen atoms in total. The molecule has 5 rings (SSSR count). The number of aryl methyl sites for hydroxylation is 2. The lowest BCUT2D eigenvalue weighted by Gasteiger charge is -2.14. The quantitative estimate of drug-likeness (QED) is 0.186. The Kier molecular flexibility index (Phi) is 7.81. The Bertz CT molecular complexity index is 1890. The third-order valence-electron chi connectivity index (χ3n) is 6.86. The number of primary amides is 1. The largest absolute Gasteiger partial charge is 0.505 e. The lowest BCUT2D eigenvalue weighted by Crippen LogP contribution is -2.14. The second-order valence-electron chi connectivity index (χ2n) is 9.69. The minimum atomic E-state index is -3.70. The molecule has 0 saturated heterocycles. The van der Waals surface area contributed by atoms with Crippen molar-refractivity contribution in [3.05, 3.63) is 95.4 Å². The first kappa shape index (κ1) is 28.6. The molecular weight excluding hydrogens is 559 g/mol. The summed E-state index contributed by atoms with van der Waals surface area (Å²) in [7, 11) is -2.03. The number of rotatable bonds is 10. The first-order valence-electron chi connectivity index (χ1n) is 13.2. The Hall–Kier alpha value is -4.97. The van der Waals surface area contributed by atoms with E-state index in [-0.39, 0.29) is 10.6 Å². The molecule has 42 heavy (non-hydrogen) atoms. The maximum Gasteiger partial charge on any atom is 0.269 e. The maximum absolute atomic E-state index is 14.4. The van der Waals surface area contributed by atoms with E-state index in [1.807, 2.05) is 19.1 Å². The minimum absolute atomic E-state index is 0.0525. The Labute approximate surface area is 242 Å². The van der Waals surface area contributed by atoms with Crippen LogP contribution in [0.25, 0.3) is 22.2 Å². The van der Waals surface area contributed by atoms with Crippen molar-refractivity contribution < 1.29 is 22.7 Å². The lowest BCUT2D eigenvalue weighted by molar-refractivity contribution is 0.0996. The highest BCUT2D eigenvalue weighted by Crippen LogP contribution is 2.34. The number of phenolic OH excluding ortho intramolecular Hbond substituents is 1. The van der Waals surface area contributed by atoms with E-state index in [0.717, 1.165) is 5.56 Å². The molecule has 0 unspecified atom stereocenters. The van der Waals surface area contributed by atoms with E-state index in [1.54, 1.807) is 43.4 Å². The number of fused-ring (bicyclic) bond motifs is 1. The van der Waals surface area contributed by atoms with Crippen LogP contribution in [0, 0.1) is 5.82 Å². The molecule has 1 amide bonds. The summed E-state index contributed by atoms with van der Waals surface area (Å²) in [5.41, 5.74) is 9.24. The van der Waals surface area contributed by atoms with Gasteiger partial charge in [-0.15, -0.1) is 0 Å². The number of nitrogens with two attached hydrogens (primary N) is 1. The SMILES string of the molecule is CCc1cc(O)c(F)cc1-c1cc2c(c(NCCc3ccc(NS(=O)(=O)c4ccccc4)cc3)n1)c(C(N)=O)nn2C. The molecule has 3 aromatic carbocycles. The summed E-state index contributed by atoms with van der Waals surface area (Å²) in [5, 5.41) is 17.9. The molecule has 0 aliphatic heterocycles. The summed E-state index contributed by atoms with van der Waals surface area (Å²) >= 11 is 0. The zero-order valence-corrected chi connectivity index (χ0v) is 23.7. The zero-order chi connectivity index (χ0) is 30.0. The van der Waals surface area contributed by atoms with Gasteiger partial charge >= 0.3 is 0 Å². The van der Waals surface area contributed by atoms with E-state index in [4.69, 9.17) is 10.7 Å². The topological polar surface area (TPSA) is 152 Å². The minimum Gasteiger partial charge on any atom is -0.505 e. The van der Waals surface area contributed by atoms with E-state index >= 15 is 0 Å². The van der Waals surface area contributed by atoms with Gasteiger partial charge in [0.1, 0.15) is 5.82 Å². The summed E-state index contributed by atoms with van der Waals surface area (Å²) in [6.07, 6.45) is 1.07. The highest BCUT2D eigenvalue weighted by Gasteiger charge is 2.21. The molecule has 0 radical (unpaired) electrons. The third-order valence-corrected chi connectivity index (χ3v) is 8.26. The van der Waals surface area contributed by atoms with Crippen molar-refractivity contribution in [2.75, 3.05) is 16.6 Å². The van der Waals surface area contributed by atoms with Gasteiger partial charge in [0.2, 0.25) is 0 Å². The van der Waals surface area contributed by atoms with Crippen LogP contribution in [0.1, 0.15) is 28.5 Å². The normalized spacial score (nSPS) is 11.5. The fourth-order valence-electron chi connectivity index (χ4n) is 4.73. The van der Waals surface area contributed by atoms with Crippen LogP contribution in [0.15, 0.2) is 77.7 Å². The molecule has 0 aliphatic carbocycles. The second-order valence-corrected chi connectivity index (χ2v) is 11.4. The van der Waals surface area contributed by atoms with Gasteiger partial charge in [-0.05, 0) is 66.4 Å². The zero-order valence-electron chi connectivity index (χ0n) is 22.9. The first-order chi connectivity index (χ1) is 20.1. The Morgan fingerprint density at radius 2 is 1.79 bits per heavy atom. The Morgan fingerprint density at radius 3 is 2.45 bits per heavy atom. The number of aromatic nitrogens is 3. The summed E-state index contributed by atoms with van der Waals surface area (Å²) in [6, 6.07) is 19.4. The van der Waals surface area contributed by atoms with Crippen LogP contribution in [0.5, 0.6) is 5.75 Å². The highest BCUT2D eigenvalue weighted by atomic mass is 32.2. The lowest BCUT2D eigenvalue weighted by atomic mass is 10.00. The molecule has 5 aromatic rings. The molecule has 2 heterocycles. The number of halogens is 1. The van der Waals surface area contributed by atoms with E-state index in [9.17, 15) is 22.7 Å². The van der Waals surface area contributed by atoms with Crippen LogP contribution in [-0.4, -0.2) is 40.7 Å². The standard InChI is InChI=1S/C30H29FN6O4S/c1-3-19-15-26(38)23(31)16-22(19)24-17-25-27(28(29(32)39)35-37(25)2)30(34-24)33-14-13-18-9-11-20(12-10-18)36-42(40,41)21-7-5-4-6-8-21/h4-12,15-17,36,38H,3,13-14H2,1-2H3,(H2,32,39)(H,33,34). The van der Waals surface area contributed by atoms with Crippen molar-refractivity contribution in [1.29, 1.82) is 0 Å². The number of amides is 1. The average molecular weight is 589 g/mol. The van der Waals surface area contributed by atoms with Gasteiger partial charge in [-0.3, -0.25) is 14.2 Å². The van der Waals surface area contributed by atoms with Gasteiger partial charge in [0.05, 0.1) is 21.5 Å². The maximum atomic E-state index is 14.4. The average Bonchev–Trinajstić information content (AvgIpc) is 3.32. The molecule has 12 heteroatoms.